The first-order valence-electron chi connectivity index (χ1n) is 13.1. The topological polar surface area (TPSA) is 35.5 Å². The Morgan fingerprint density at radius 1 is 1.09 bits per heavy atom. The van der Waals surface area contributed by atoms with E-state index in [9.17, 15) is 5.11 Å². The quantitative estimate of drug-likeness (QED) is 0.495. The highest BCUT2D eigenvalue weighted by atomic mass is 16.3. The lowest BCUT2D eigenvalue weighted by atomic mass is 9.77. The summed E-state index contributed by atoms with van der Waals surface area (Å²) < 4.78 is 0. The summed E-state index contributed by atoms with van der Waals surface area (Å²) in [6, 6.07) is 13.9. The number of rotatable bonds is 6. The molecule has 0 amide bonds. The highest BCUT2D eigenvalue weighted by Crippen LogP contribution is 2.57. The minimum Gasteiger partial charge on any atom is -0.507 e. The Bertz CT molecular complexity index is 977. The molecule has 33 heavy (non-hydrogen) atoms. The second kappa shape index (κ2) is 9.64. The molecule has 0 radical (unpaired) electrons. The van der Waals surface area contributed by atoms with E-state index in [4.69, 9.17) is 0 Å². The van der Waals surface area contributed by atoms with Gasteiger partial charge in [-0.3, -0.25) is 4.90 Å². The van der Waals surface area contributed by atoms with E-state index in [2.05, 4.69) is 67.0 Å². The van der Waals surface area contributed by atoms with Crippen molar-refractivity contribution in [1.82, 2.24) is 10.2 Å². The fraction of sp³-hybridized carbons (Fsp3) is 0.533. The number of allylic oxidation sites excluding steroid dienone is 1. The van der Waals surface area contributed by atoms with E-state index in [1.54, 1.807) is 0 Å². The molecule has 2 aromatic carbocycles. The third-order valence-corrected chi connectivity index (χ3v) is 8.64. The molecule has 4 atom stereocenters. The van der Waals surface area contributed by atoms with Gasteiger partial charge in [-0.1, -0.05) is 62.2 Å². The fourth-order valence-corrected chi connectivity index (χ4v) is 6.85. The van der Waals surface area contributed by atoms with E-state index < -0.39 is 0 Å². The van der Waals surface area contributed by atoms with Gasteiger partial charge in [-0.2, -0.15) is 0 Å². The predicted octanol–water partition coefficient (Wildman–Crippen LogP) is 6.57. The number of hydrogen-bond acceptors (Lipinski definition) is 3. The zero-order valence-corrected chi connectivity index (χ0v) is 20.4. The largest absolute Gasteiger partial charge is 0.507 e. The molecule has 3 heteroatoms. The first-order valence-corrected chi connectivity index (χ1v) is 13.1. The number of nitrogens with one attached hydrogen (secondary N) is 1. The van der Waals surface area contributed by atoms with Crippen molar-refractivity contribution >= 4 is 0 Å². The van der Waals surface area contributed by atoms with Crippen LogP contribution in [0.15, 0.2) is 49.1 Å². The summed E-state index contributed by atoms with van der Waals surface area (Å²) >= 11 is 0. The number of phenols is 1. The summed E-state index contributed by atoms with van der Waals surface area (Å²) in [5, 5.41) is 15.6. The Kier molecular flexibility index (Phi) is 6.62. The molecule has 3 aliphatic rings. The smallest absolute Gasteiger partial charge is 0.124 e. The highest BCUT2D eigenvalue weighted by molar-refractivity contribution is 5.57. The van der Waals surface area contributed by atoms with Gasteiger partial charge in [0.05, 0.1) is 0 Å². The number of hydrogen-bond donors (Lipinski definition) is 2. The molecule has 1 saturated heterocycles. The van der Waals surface area contributed by atoms with Crippen LogP contribution in [-0.4, -0.2) is 29.1 Å². The Labute approximate surface area is 199 Å². The Hall–Kier alpha value is -2.10. The zero-order valence-electron chi connectivity index (χ0n) is 20.4. The van der Waals surface area contributed by atoms with Crippen LogP contribution in [0.4, 0.5) is 0 Å². The first kappa shape index (κ1) is 22.7. The summed E-state index contributed by atoms with van der Waals surface area (Å²) in [5.74, 6) is 1.92. The molecule has 176 valence electrons. The Morgan fingerprint density at radius 3 is 2.55 bits per heavy atom. The van der Waals surface area contributed by atoms with Crippen LogP contribution in [0.5, 0.6) is 5.75 Å². The van der Waals surface area contributed by atoms with Crippen LogP contribution in [0.2, 0.25) is 0 Å². The summed E-state index contributed by atoms with van der Waals surface area (Å²) in [6.45, 7) is 11.7. The van der Waals surface area contributed by atoms with Gasteiger partial charge in [-0.25, -0.2) is 0 Å². The molecule has 0 aromatic heterocycles. The Morgan fingerprint density at radius 2 is 1.82 bits per heavy atom. The molecule has 2 aromatic rings. The van der Waals surface area contributed by atoms with E-state index in [0.717, 1.165) is 25.2 Å². The molecule has 2 fully saturated rings. The number of aromatic hydroxyl groups is 1. The number of benzene rings is 2. The predicted molar refractivity (Wildman–Crippen MR) is 137 cm³/mol. The third kappa shape index (κ3) is 4.38. The van der Waals surface area contributed by atoms with Gasteiger partial charge in [0, 0.05) is 35.7 Å². The average molecular weight is 445 g/mol. The molecule has 5 rings (SSSR count). The average Bonchev–Trinajstić information content (AvgIpc) is 3.18. The van der Waals surface area contributed by atoms with Gasteiger partial charge in [0.1, 0.15) is 5.75 Å². The maximum atomic E-state index is 11.5. The van der Waals surface area contributed by atoms with Gasteiger partial charge in [0.2, 0.25) is 0 Å². The van der Waals surface area contributed by atoms with E-state index >= 15 is 0 Å². The van der Waals surface area contributed by atoms with Crippen LogP contribution in [0, 0.1) is 12.8 Å². The fourth-order valence-electron chi connectivity index (χ4n) is 6.85. The van der Waals surface area contributed by atoms with Gasteiger partial charge in [-0.05, 0) is 74.2 Å². The van der Waals surface area contributed by atoms with Crippen LogP contribution >= 0.6 is 0 Å². The van der Waals surface area contributed by atoms with Crippen molar-refractivity contribution in [2.75, 3.05) is 13.1 Å². The molecule has 2 N–H and O–H groups in total. The summed E-state index contributed by atoms with van der Waals surface area (Å²) in [7, 11) is 0. The van der Waals surface area contributed by atoms with Crippen molar-refractivity contribution in [2.24, 2.45) is 5.92 Å². The van der Waals surface area contributed by atoms with Crippen molar-refractivity contribution in [1.29, 1.82) is 0 Å². The van der Waals surface area contributed by atoms with Crippen molar-refractivity contribution in [3.05, 3.63) is 76.9 Å². The monoisotopic (exact) mass is 444 g/mol. The van der Waals surface area contributed by atoms with Crippen molar-refractivity contribution in [2.45, 2.75) is 82.8 Å². The summed E-state index contributed by atoms with van der Waals surface area (Å²) in [4.78, 5) is 2.59. The van der Waals surface area contributed by atoms with E-state index in [1.165, 1.54) is 60.8 Å². The molecular formula is C30H40N2O. The van der Waals surface area contributed by atoms with Crippen LogP contribution in [0.3, 0.4) is 0 Å². The molecule has 0 spiro atoms. The van der Waals surface area contributed by atoms with Gasteiger partial charge in [0.25, 0.3) is 0 Å². The normalized spacial score (nSPS) is 26.5. The summed E-state index contributed by atoms with van der Waals surface area (Å²) in [5.41, 5.74) is 6.50. The second-order valence-electron chi connectivity index (χ2n) is 10.7. The lowest BCUT2D eigenvalue weighted by Crippen LogP contribution is -2.44. The molecule has 2 aliphatic carbocycles. The number of aryl methyl sites for hydroxylation is 1. The SMILES string of the molecule is C=CC(C)c1cc(C)c2c(c1O)C(NC1CCN(Cc3ccccc3)CC1)C1CCCCC21. The van der Waals surface area contributed by atoms with Gasteiger partial charge in [-0.15, -0.1) is 6.58 Å². The lowest BCUT2D eigenvalue weighted by Gasteiger charge is -2.37. The molecule has 1 saturated carbocycles. The second-order valence-corrected chi connectivity index (χ2v) is 10.7. The molecule has 1 heterocycles. The van der Waals surface area contributed by atoms with Crippen LogP contribution in [-0.2, 0) is 6.54 Å². The van der Waals surface area contributed by atoms with E-state index in [1.807, 2.05) is 6.08 Å². The minimum absolute atomic E-state index is 0.165. The molecule has 1 aliphatic heterocycles. The maximum absolute atomic E-state index is 11.5. The van der Waals surface area contributed by atoms with Crippen molar-refractivity contribution < 1.29 is 5.11 Å². The lowest BCUT2D eigenvalue weighted by molar-refractivity contribution is 0.167. The Balaban J connectivity index is 1.35. The standard InChI is InChI=1S/C30H40N2O/c1-4-20(2)26-18-21(3)27-24-12-8-9-13-25(24)29(28(27)30(26)33)31-23-14-16-32(17-15-23)19-22-10-6-5-7-11-22/h4-7,10-11,18,20,23-25,29,31,33H,1,8-9,12-17,19H2,2-3H3. The number of phenolic OH excluding ortho intramolecular Hbond substituents is 1. The number of piperidine rings is 1. The maximum Gasteiger partial charge on any atom is 0.124 e. The minimum atomic E-state index is 0.165. The molecular weight excluding hydrogens is 404 g/mol. The number of fused-ring (bicyclic) bond motifs is 3. The van der Waals surface area contributed by atoms with E-state index in [0.29, 0.717) is 23.6 Å². The molecule has 3 nitrogen and oxygen atoms in total. The highest BCUT2D eigenvalue weighted by Gasteiger charge is 2.45. The molecule has 0 bridgehead atoms. The number of likely N-dealkylation sites (tertiary alicyclic amines) is 1. The van der Waals surface area contributed by atoms with Gasteiger partial charge >= 0.3 is 0 Å². The van der Waals surface area contributed by atoms with Crippen molar-refractivity contribution in [3.63, 3.8) is 0 Å². The third-order valence-electron chi connectivity index (χ3n) is 8.64. The van der Waals surface area contributed by atoms with Crippen LogP contribution in [0.1, 0.15) is 91.1 Å². The van der Waals surface area contributed by atoms with Crippen LogP contribution < -0.4 is 5.32 Å². The zero-order chi connectivity index (χ0) is 22.9. The van der Waals surface area contributed by atoms with Crippen molar-refractivity contribution in [3.8, 4) is 5.75 Å². The summed E-state index contributed by atoms with van der Waals surface area (Å²) in [6.07, 6.45) is 9.48. The van der Waals surface area contributed by atoms with Gasteiger partial charge in [0.15, 0.2) is 0 Å². The molecule has 4 unspecified atom stereocenters. The van der Waals surface area contributed by atoms with Gasteiger partial charge < -0.3 is 10.4 Å². The van der Waals surface area contributed by atoms with Crippen LogP contribution in [0.25, 0.3) is 0 Å². The first-order chi connectivity index (χ1) is 16.1. The number of nitrogens with zero attached hydrogens (tertiary/aromatic N) is 1. The van der Waals surface area contributed by atoms with E-state index in [-0.39, 0.29) is 12.0 Å².